The predicted molar refractivity (Wildman–Crippen MR) is 173 cm³/mol. The van der Waals surface area contributed by atoms with Gasteiger partial charge in [-0.2, -0.15) is 0 Å². The molecule has 4 aromatic rings. The molecule has 7 rings (SSSR count). The van der Waals surface area contributed by atoms with Crippen LogP contribution < -0.4 is 9.47 Å². The van der Waals surface area contributed by atoms with Crippen molar-refractivity contribution in [3.05, 3.63) is 118 Å². The fraction of sp³-hybridized carbons (Fsp3) is 0.263. The highest BCUT2D eigenvalue weighted by Crippen LogP contribution is 2.45. The highest BCUT2D eigenvalue weighted by Gasteiger charge is 2.25. The largest absolute Gasteiger partial charge is 0.468 e. The second-order valence-corrected chi connectivity index (χ2v) is 11.4. The Hall–Kier alpha value is -4.20. The summed E-state index contributed by atoms with van der Waals surface area (Å²) in [7, 11) is 0. The number of rotatable bonds is 14. The van der Waals surface area contributed by atoms with Crippen molar-refractivity contribution in [1.29, 1.82) is 0 Å². The highest BCUT2D eigenvalue weighted by atomic mass is 16.7. The van der Waals surface area contributed by atoms with Gasteiger partial charge in [-0.05, 0) is 68.8 Å². The normalized spacial score (nSPS) is 19.7. The second kappa shape index (κ2) is 13.2. The average Bonchev–Trinajstić information content (AvgIpc) is 4.01. The van der Waals surface area contributed by atoms with Crippen LogP contribution in [0, 0.1) is 0 Å². The minimum atomic E-state index is 0.236. The predicted octanol–water partition coefficient (Wildman–Crippen LogP) is 7.66. The monoisotopic (exact) mass is 588 g/mol. The summed E-state index contributed by atoms with van der Waals surface area (Å²) >= 11 is 0. The Kier molecular flexibility index (Phi) is 8.57. The van der Waals surface area contributed by atoms with E-state index >= 15 is 0 Å². The maximum Gasteiger partial charge on any atom is 0.189 e. The zero-order valence-corrected chi connectivity index (χ0v) is 24.8. The van der Waals surface area contributed by atoms with Gasteiger partial charge in [-0.15, -0.1) is 0 Å². The van der Waals surface area contributed by atoms with Gasteiger partial charge < -0.3 is 28.4 Å². The summed E-state index contributed by atoms with van der Waals surface area (Å²) < 4.78 is 32.5. The Morgan fingerprint density at radius 3 is 1.36 bits per heavy atom. The molecule has 4 aromatic carbocycles. The van der Waals surface area contributed by atoms with Crippen molar-refractivity contribution in [2.45, 2.75) is 25.0 Å². The first kappa shape index (κ1) is 28.6. The van der Waals surface area contributed by atoms with E-state index in [0.29, 0.717) is 19.1 Å². The number of ether oxygens (including phenoxy) is 6. The molecule has 224 valence electrons. The Labute approximate surface area is 258 Å². The van der Waals surface area contributed by atoms with Gasteiger partial charge in [0.2, 0.25) is 0 Å². The van der Waals surface area contributed by atoms with Crippen LogP contribution in [0.5, 0.6) is 11.5 Å². The molecule has 1 aliphatic carbocycles. The third kappa shape index (κ3) is 7.29. The van der Waals surface area contributed by atoms with E-state index in [9.17, 15) is 0 Å². The number of hydrogen-bond acceptors (Lipinski definition) is 6. The van der Waals surface area contributed by atoms with Crippen LogP contribution >= 0.6 is 0 Å². The van der Waals surface area contributed by atoms with Crippen LogP contribution in [-0.2, 0) is 18.9 Å². The fourth-order valence-electron chi connectivity index (χ4n) is 5.39. The summed E-state index contributed by atoms with van der Waals surface area (Å²) in [5.41, 5.74) is 10.00. The van der Waals surface area contributed by atoms with Crippen molar-refractivity contribution in [3.8, 4) is 22.6 Å². The molecule has 6 heteroatoms. The number of hydrogen-bond donors (Lipinski definition) is 0. The third-order valence-corrected chi connectivity index (χ3v) is 8.10. The first-order valence-electron chi connectivity index (χ1n) is 15.2. The van der Waals surface area contributed by atoms with Crippen molar-refractivity contribution in [3.63, 3.8) is 0 Å². The third-order valence-electron chi connectivity index (χ3n) is 8.10. The van der Waals surface area contributed by atoms with E-state index in [0.717, 1.165) is 35.8 Å². The molecule has 0 radical (unpaired) electrons. The molecule has 2 atom stereocenters. The van der Waals surface area contributed by atoms with Gasteiger partial charge in [0.05, 0.1) is 26.4 Å². The SMILES string of the molecule is CC1c2cc(/C=C/c3ccc(OCOCC4CO4)cc3)ccc2-c2ccc(/C=C/c3ccc(OCOCC4CO4)cc3)cc21. The highest BCUT2D eigenvalue weighted by molar-refractivity contribution is 5.83. The van der Waals surface area contributed by atoms with E-state index < -0.39 is 0 Å². The van der Waals surface area contributed by atoms with E-state index in [-0.39, 0.29) is 25.8 Å². The van der Waals surface area contributed by atoms with E-state index in [4.69, 9.17) is 28.4 Å². The molecule has 2 saturated heterocycles. The minimum Gasteiger partial charge on any atom is -0.468 e. The van der Waals surface area contributed by atoms with Gasteiger partial charge in [0, 0.05) is 5.92 Å². The van der Waals surface area contributed by atoms with Gasteiger partial charge >= 0.3 is 0 Å². The molecule has 0 amide bonds. The molecule has 2 heterocycles. The first-order chi connectivity index (χ1) is 21.7. The molecule has 2 fully saturated rings. The van der Waals surface area contributed by atoms with Gasteiger partial charge in [0.1, 0.15) is 23.7 Å². The molecule has 0 aromatic heterocycles. The van der Waals surface area contributed by atoms with Gasteiger partial charge in [0.25, 0.3) is 0 Å². The molecule has 0 N–H and O–H groups in total. The smallest absolute Gasteiger partial charge is 0.189 e. The van der Waals surface area contributed by atoms with Crippen molar-refractivity contribution in [1.82, 2.24) is 0 Å². The zero-order valence-electron chi connectivity index (χ0n) is 24.8. The van der Waals surface area contributed by atoms with Gasteiger partial charge in [-0.3, -0.25) is 0 Å². The van der Waals surface area contributed by atoms with Crippen LogP contribution in [-0.4, -0.2) is 52.2 Å². The lowest BCUT2D eigenvalue weighted by Gasteiger charge is -2.08. The lowest BCUT2D eigenvalue weighted by molar-refractivity contribution is 0.00809. The van der Waals surface area contributed by atoms with Crippen LogP contribution in [0.4, 0.5) is 0 Å². The van der Waals surface area contributed by atoms with Crippen LogP contribution in [0.3, 0.4) is 0 Å². The first-order valence-corrected chi connectivity index (χ1v) is 15.2. The second-order valence-electron chi connectivity index (χ2n) is 11.4. The fourth-order valence-corrected chi connectivity index (χ4v) is 5.39. The van der Waals surface area contributed by atoms with E-state index in [2.05, 4.69) is 91.9 Å². The summed E-state index contributed by atoms with van der Waals surface area (Å²) in [5.74, 6) is 1.92. The Morgan fingerprint density at radius 1 is 0.568 bits per heavy atom. The van der Waals surface area contributed by atoms with Crippen molar-refractivity contribution < 1.29 is 28.4 Å². The van der Waals surface area contributed by atoms with Crippen molar-refractivity contribution in [2.24, 2.45) is 0 Å². The van der Waals surface area contributed by atoms with Crippen molar-refractivity contribution in [2.75, 3.05) is 40.0 Å². The summed E-state index contributed by atoms with van der Waals surface area (Å²) in [6.07, 6.45) is 9.12. The lowest BCUT2D eigenvalue weighted by atomic mass is 9.96. The van der Waals surface area contributed by atoms with Crippen LogP contribution in [0.2, 0.25) is 0 Å². The van der Waals surface area contributed by atoms with E-state index in [1.165, 1.54) is 33.4 Å². The summed E-state index contributed by atoms with van der Waals surface area (Å²) in [5, 5.41) is 0. The number of fused-ring (bicyclic) bond motifs is 3. The summed E-state index contributed by atoms with van der Waals surface area (Å²) in [6, 6.07) is 29.6. The van der Waals surface area contributed by atoms with Crippen molar-refractivity contribution >= 4 is 24.3 Å². The molecule has 3 aliphatic rings. The summed E-state index contributed by atoms with van der Waals surface area (Å²) in [6.45, 7) is 5.52. The van der Waals surface area contributed by atoms with E-state index in [1.54, 1.807) is 0 Å². The zero-order chi connectivity index (χ0) is 29.7. The Morgan fingerprint density at radius 2 is 0.955 bits per heavy atom. The standard InChI is InChI=1S/C38H36O6/c1-26-37-18-29(4-2-27-6-12-31(13-7-27)43-24-39-20-33-22-41-33)10-16-35(37)36-17-11-30(19-38(26)36)5-3-28-8-14-32(15-9-28)44-25-40-21-34-23-42-34/h2-19,26,33-34H,20-25H2,1H3/b4-2+,5-3+. The Bertz CT molecular complexity index is 1510. The lowest BCUT2D eigenvalue weighted by Crippen LogP contribution is -2.07. The van der Waals surface area contributed by atoms with Gasteiger partial charge in [0.15, 0.2) is 13.6 Å². The van der Waals surface area contributed by atoms with E-state index in [1.807, 2.05) is 24.3 Å². The number of benzene rings is 4. The maximum absolute atomic E-state index is 5.65. The molecule has 0 saturated carbocycles. The summed E-state index contributed by atoms with van der Waals surface area (Å²) in [4.78, 5) is 0. The van der Waals surface area contributed by atoms with Gasteiger partial charge in [-0.25, -0.2) is 0 Å². The maximum atomic E-state index is 5.65. The molecular weight excluding hydrogens is 552 g/mol. The van der Waals surface area contributed by atoms with Crippen LogP contribution in [0.1, 0.15) is 46.2 Å². The number of epoxide rings is 2. The quantitative estimate of drug-likeness (QED) is 0.0652. The molecule has 0 bridgehead atoms. The average molecular weight is 589 g/mol. The van der Waals surface area contributed by atoms with Crippen LogP contribution in [0.25, 0.3) is 35.4 Å². The minimum absolute atomic E-state index is 0.236. The molecule has 0 spiro atoms. The topological polar surface area (TPSA) is 62.0 Å². The molecule has 6 nitrogen and oxygen atoms in total. The molecule has 2 unspecified atom stereocenters. The Balaban J connectivity index is 0.947. The van der Waals surface area contributed by atoms with Gasteiger partial charge in [-0.1, -0.05) is 91.9 Å². The van der Waals surface area contributed by atoms with Crippen LogP contribution in [0.15, 0.2) is 84.9 Å². The molecular formula is C38H36O6. The molecule has 44 heavy (non-hydrogen) atoms. The molecule has 2 aliphatic heterocycles.